The summed E-state index contributed by atoms with van der Waals surface area (Å²) in [5.41, 5.74) is 7.21. The normalized spacial score (nSPS) is 14.0. The second kappa shape index (κ2) is 7.52. The van der Waals surface area contributed by atoms with Crippen LogP contribution >= 0.6 is 0 Å². The lowest BCUT2D eigenvalue weighted by atomic mass is 9.99. The number of imidazole rings is 1. The van der Waals surface area contributed by atoms with Crippen LogP contribution in [-0.4, -0.2) is 37.9 Å². The van der Waals surface area contributed by atoms with Crippen LogP contribution in [0.5, 0.6) is 0 Å². The van der Waals surface area contributed by atoms with Gasteiger partial charge in [0.25, 0.3) is 5.91 Å². The summed E-state index contributed by atoms with van der Waals surface area (Å²) >= 11 is 0. The highest BCUT2D eigenvalue weighted by molar-refractivity contribution is 5.96. The Kier molecular flexibility index (Phi) is 4.36. The standard InChI is InChI=1S/C25H19N7O/c1-26-25-28-12-10-19(31-25)24(33)32-22-15-6-3-2-5-14(15)21-16(22)7-4-8-17(21)23-29-18-9-11-27-13-20(18)30-23/h2-13,22H,1H3,(H,29,30)(H,32,33)(H,26,28,31). The van der Waals surface area contributed by atoms with E-state index in [1.807, 2.05) is 36.4 Å². The lowest BCUT2D eigenvalue weighted by molar-refractivity contribution is 0.0938. The molecule has 3 aromatic heterocycles. The molecule has 8 heteroatoms. The van der Waals surface area contributed by atoms with E-state index in [2.05, 4.69) is 42.7 Å². The van der Waals surface area contributed by atoms with Gasteiger partial charge in [-0.05, 0) is 34.4 Å². The van der Waals surface area contributed by atoms with E-state index in [0.717, 1.165) is 44.7 Å². The molecule has 160 valence electrons. The molecule has 1 atom stereocenters. The van der Waals surface area contributed by atoms with Crippen LogP contribution in [0.2, 0.25) is 0 Å². The fraction of sp³-hybridized carbons (Fsp3) is 0.0800. The highest BCUT2D eigenvalue weighted by atomic mass is 16.1. The SMILES string of the molecule is CNc1nccc(C(=O)NC2c3ccccc3-c3c(-c4nc5ccncc5[nH]4)cccc32)n1. The number of anilines is 1. The van der Waals surface area contributed by atoms with Crippen molar-refractivity contribution >= 4 is 22.9 Å². The number of hydrogen-bond donors (Lipinski definition) is 3. The van der Waals surface area contributed by atoms with Gasteiger partial charge in [0.15, 0.2) is 0 Å². The number of pyridine rings is 1. The van der Waals surface area contributed by atoms with Crippen LogP contribution in [0.1, 0.15) is 27.7 Å². The average Bonchev–Trinajstić information content (AvgIpc) is 3.44. The van der Waals surface area contributed by atoms with Gasteiger partial charge in [0.2, 0.25) is 5.95 Å². The van der Waals surface area contributed by atoms with Crippen molar-refractivity contribution in [1.82, 2.24) is 30.2 Å². The Labute approximate surface area is 189 Å². The average molecular weight is 433 g/mol. The van der Waals surface area contributed by atoms with Crippen molar-refractivity contribution < 1.29 is 4.79 Å². The summed E-state index contributed by atoms with van der Waals surface area (Å²) in [7, 11) is 1.72. The Morgan fingerprint density at radius 2 is 1.79 bits per heavy atom. The Morgan fingerprint density at radius 3 is 2.67 bits per heavy atom. The molecule has 0 aliphatic heterocycles. The van der Waals surface area contributed by atoms with E-state index < -0.39 is 0 Å². The fourth-order valence-corrected chi connectivity index (χ4v) is 4.40. The van der Waals surface area contributed by atoms with E-state index >= 15 is 0 Å². The molecule has 2 aromatic carbocycles. The fourth-order valence-electron chi connectivity index (χ4n) is 4.40. The van der Waals surface area contributed by atoms with Crippen LogP contribution < -0.4 is 10.6 Å². The first-order chi connectivity index (χ1) is 16.2. The molecular weight excluding hydrogens is 414 g/mol. The predicted molar refractivity (Wildman–Crippen MR) is 126 cm³/mol. The molecule has 0 radical (unpaired) electrons. The van der Waals surface area contributed by atoms with Gasteiger partial charge >= 0.3 is 0 Å². The van der Waals surface area contributed by atoms with Gasteiger partial charge in [-0.1, -0.05) is 42.5 Å². The second-order valence-electron chi connectivity index (χ2n) is 7.76. The quantitative estimate of drug-likeness (QED) is 0.396. The minimum Gasteiger partial charge on any atom is -0.357 e. The largest absolute Gasteiger partial charge is 0.357 e. The Balaban J connectivity index is 1.46. The monoisotopic (exact) mass is 433 g/mol. The van der Waals surface area contributed by atoms with E-state index in [4.69, 9.17) is 4.98 Å². The van der Waals surface area contributed by atoms with E-state index in [0.29, 0.717) is 11.6 Å². The molecule has 1 unspecified atom stereocenters. The molecule has 1 aliphatic rings. The number of hydrogen-bond acceptors (Lipinski definition) is 6. The molecular formula is C25H19N7O. The lowest BCUT2D eigenvalue weighted by Crippen LogP contribution is -2.29. The smallest absolute Gasteiger partial charge is 0.270 e. The predicted octanol–water partition coefficient (Wildman–Crippen LogP) is 3.96. The van der Waals surface area contributed by atoms with Crippen molar-refractivity contribution in [3.05, 3.63) is 90.0 Å². The minimum atomic E-state index is -0.303. The molecule has 5 aromatic rings. The molecule has 0 bridgehead atoms. The van der Waals surface area contributed by atoms with Crippen molar-refractivity contribution in [2.45, 2.75) is 6.04 Å². The van der Waals surface area contributed by atoms with Gasteiger partial charge in [-0.15, -0.1) is 0 Å². The summed E-state index contributed by atoms with van der Waals surface area (Å²) < 4.78 is 0. The van der Waals surface area contributed by atoms with E-state index in [1.54, 1.807) is 31.7 Å². The maximum Gasteiger partial charge on any atom is 0.270 e. The number of rotatable bonds is 4. The maximum absolute atomic E-state index is 13.1. The first-order valence-electron chi connectivity index (χ1n) is 10.6. The third kappa shape index (κ3) is 3.11. The van der Waals surface area contributed by atoms with Gasteiger partial charge in [0.05, 0.1) is 23.3 Å². The molecule has 8 nitrogen and oxygen atoms in total. The molecule has 3 N–H and O–H groups in total. The van der Waals surface area contributed by atoms with Crippen LogP contribution in [0, 0.1) is 0 Å². The van der Waals surface area contributed by atoms with Gasteiger partial charge in [-0.2, -0.15) is 0 Å². The summed E-state index contributed by atoms with van der Waals surface area (Å²) in [6.45, 7) is 0. The summed E-state index contributed by atoms with van der Waals surface area (Å²) in [6.07, 6.45) is 5.07. The molecule has 0 saturated heterocycles. The van der Waals surface area contributed by atoms with Crippen molar-refractivity contribution in [3.8, 4) is 22.5 Å². The van der Waals surface area contributed by atoms with Gasteiger partial charge in [0, 0.05) is 25.0 Å². The van der Waals surface area contributed by atoms with E-state index in [-0.39, 0.29) is 11.9 Å². The number of nitrogens with one attached hydrogen (secondary N) is 3. The first-order valence-corrected chi connectivity index (χ1v) is 10.6. The van der Waals surface area contributed by atoms with Crippen molar-refractivity contribution in [2.24, 2.45) is 0 Å². The summed E-state index contributed by atoms with van der Waals surface area (Å²) in [6, 6.07) is 17.4. The van der Waals surface area contributed by atoms with Gasteiger partial charge in [-0.3, -0.25) is 9.78 Å². The van der Waals surface area contributed by atoms with Crippen molar-refractivity contribution in [1.29, 1.82) is 0 Å². The molecule has 0 fully saturated rings. The zero-order chi connectivity index (χ0) is 22.4. The van der Waals surface area contributed by atoms with Crippen LogP contribution in [0.3, 0.4) is 0 Å². The second-order valence-corrected chi connectivity index (χ2v) is 7.76. The molecule has 1 aliphatic carbocycles. The lowest BCUT2D eigenvalue weighted by Gasteiger charge is -2.16. The number of carbonyl (C=O) groups is 1. The van der Waals surface area contributed by atoms with Crippen LogP contribution in [0.4, 0.5) is 5.95 Å². The zero-order valence-electron chi connectivity index (χ0n) is 17.7. The Hall–Kier alpha value is -4.59. The molecule has 0 spiro atoms. The van der Waals surface area contributed by atoms with Gasteiger partial charge < -0.3 is 15.6 Å². The number of H-pyrrole nitrogens is 1. The number of benzene rings is 2. The number of fused-ring (bicyclic) bond motifs is 4. The van der Waals surface area contributed by atoms with Gasteiger partial charge in [0.1, 0.15) is 11.5 Å². The summed E-state index contributed by atoms with van der Waals surface area (Å²) in [4.78, 5) is 33.8. The molecule has 3 heterocycles. The minimum absolute atomic E-state index is 0.262. The third-order valence-corrected chi connectivity index (χ3v) is 5.87. The van der Waals surface area contributed by atoms with E-state index in [9.17, 15) is 4.79 Å². The molecule has 1 amide bonds. The number of amides is 1. The van der Waals surface area contributed by atoms with Crippen LogP contribution in [0.15, 0.2) is 73.2 Å². The summed E-state index contributed by atoms with van der Waals surface area (Å²) in [5, 5.41) is 6.03. The summed E-state index contributed by atoms with van der Waals surface area (Å²) in [5.74, 6) is 0.907. The van der Waals surface area contributed by atoms with E-state index in [1.165, 1.54) is 0 Å². The zero-order valence-corrected chi connectivity index (χ0v) is 17.7. The van der Waals surface area contributed by atoms with Crippen molar-refractivity contribution in [2.75, 3.05) is 12.4 Å². The molecule has 33 heavy (non-hydrogen) atoms. The highest BCUT2D eigenvalue weighted by Crippen LogP contribution is 2.47. The van der Waals surface area contributed by atoms with Gasteiger partial charge in [-0.25, -0.2) is 15.0 Å². The number of carbonyl (C=O) groups excluding carboxylic acids is 1. The Bertz CT molecular complexity index is 1490. The first kappa shape index (κ1) is 19.1. The number of aromatic amines is 1. The number of nitrogens with zero attached hydrogens (tertiary/aromatic N) is 4. The Morgan fingerprint density at radius 1 is 0.939 bits per heavy atom. The van der Waals surface area contributed by atoms with Crippen LogP contribution in [-0.2, 0) is 0 Å². The third-order valence-electron chi connectivity index (χ3n) is 5.87. The highest BCUT2D eigenvalue weighted by Gasteiger charge is 2.32. The van der Waals surface area contributed by atoms with Crippen molar-refractivity contribution in [3.63, 3.8) is 0 Å². The molecule has 0 saturated carbocycles. The number of aromatic nitrogens is 5. The molecule has 6 rings (SSSR count). The topological polar surface area (TPSA) is 108 Å². The van der Waals surface area contributed by atoms with Crippen LogP contribution in [0.25, 0.3) is 33.5 Å². The maximum atomic E-state index is 13.1.